The van der Waals surface area contributed by atoms with E-state index in [1.807, 2.05) is 13.8 Å². The third-order valence-electron chi connectivity index (χ3n) is 3.03. The number of phenols is 3. The molecule has 0 spiro atoms. The molecule has 7 heteroatoms. The van der Waals surface area contributed by atoms with Crippen LogP contribution in [0.15, 0.2) is 12.1 Å². The van der Waals surface area contributed by atoms with E-state index >= 15 is 0 Å². The summed E-state index contributed by atoms with van der Waals surface area (Å²) in [6, 6.07) is 1.64. The second kappa shape index (κ2) is 5.05. The summed E-state index contributed by atoms with van der Waals surface area (Å²) in [5.74, 6) is -0.787. The molecule has 4 N–H and O–H groups in total. The van der Waals surface area contributed by atoms with Gasteiger partial charge in [0.2, 0.25) is 0 Å². The van der Waals surface area contributed by atoms with Crippen molar-refractivity contribution >= 4 is 18.5 Å². The van der Waals surface area contributed by atoms with Crippen LogP contribution in [-0.2, 0) is 4.74 Å². The fraction of sp³-hybridized carbons (Fsp3) is 0.417. The number of aromatic hydroxyl groups is 3. The number of ether oxygens (including phenoxy) is 1. The smallest absolute Gasteiger partial charge is 0.407 e. The molecule has 0 aromatic heterocycles. The molecule has 0 unspecified atom stereocenters. The van der Waals surface area contributed by atoms with Crippen molar-refractivity contribution in [3.05, 3.63) is 17.7 Å². The number of cyclic esters (lactones) is 1. The minimum absolute atomic E-state index is 0. The summed E-state index contributed by atoms with van der Waals surface area (Å²) in [5, 5.41) is 31.5. The number of carbonyl (C=O) groups excluding carboxylic acids is 1. The highest BCUT2D eigenvalue weighted by Crippen LogP contribution is 2.45. The first-order valence-corrected chi connectivity index (χ1v) is 5.49. The van der Waals surface area contributed by atoms with Crippen molar-refractivity contribution in [1.29, 1.82) is 0 Å². The molecular formula is C12H16ClNO5. The summed E-state index contributed by atoms with van der Waals surface area (Å²) in [6.45, 7) is 3.84. The van der Waals surface area contributed by atoms with E-state index in [0.717, 1.165) is 12.1 Å². The quantitative estimate of drug-likeness (QED) is 0.634. The number of amides is 1. The second-order valence-corrected chi connectivity index (χ2v) is 5.04. The van der Waals surface area contributed by atoms with Crippen molar-refractivity contribution in [2.45, 2.75) is 19.9 Å². The number of phenolic OH excluding ortho intramolecular Hbond substituents is 3. The first-order chi connectivity index (χ1) is 8.31. The maximum absolute atomic E-state index is 11.3. The van der Waals surface area contributed by atoms with Crippen LogP contribution in [0.4, 0.5) is 4.79 Å². The molecule has 1 saturated heterocycles. The SMILES string of the molecule is CC1(C)COC(=O)N[C@@H]1c1c(O)cc(O)cc1O.Cl. The number of hydrogen-bond acceptors (Lipinski definition) is 5. The second-order valence-electron chi connectivity index (χ2n) is 5.04. The van der Waals surface area contributed by atoms with Gasteiger partial charge in [-0.05, 0) is 0 Å². The van der Waals surface area contributed by atoms with Crippen molar-refractivity contribution in [3.8, 4) is 17.2 Å². The Bertz CT molecular complexity index is 480. The van der Waals surface area contributed by atoms with Crippen molar-refractivity contribution in [1.82, 2.24) is 5.32 Å². The van der Waals surface area contributed by atoms with Crippen LogP contribution in [0, 0.1) is 5.41 Å². The summed E-state index contributed by atoms with van der Waals surface area (Å²) in [4.78, 5) is 11.3. The van der Waals surface area contributed by atoms with Gasteiger partial charge in [-0.1, -0.05) is 13.8 Å². The lowest BCUT2D eigenvalue weighted by Gasteiger charge is -2.38. The van der Waals surface area contributed by atoms with E-state index < -0.39 is 17.6 Å². The zero-order chi connectivity index (χ0) is 13.5. The minimum Gasteiger partial charge on any atom is -0.508 e. The molecule has 2 rings (SSSR count). The third-order valence-corrected chi connectivity index (χ3v) is 3.03. The molecule has 1 aliphatic rings. The number of halogens is 1. The van der Waals surface area contributed by atoms with Gasteiger partial charge in [-0.3, -0.25) is 0 Å². The van der Waals surface area contributed by atoms with Crippen LogP contribution in [0.25, 0.3) is 0 Å². The Hall–Kier alpha value is -1.82. The average Bonchev–Trinajstić information content (AvgIpc) is 2.22. The van der Waals surface area contributed by atoms with E-state index in [9.17, 15) is 20.1 Å². The normalized spacial score (nSPS) is 20.9. The molecule has 19 heavy (non-hydrogen) atoms. The van der Waals surface area contributed by atoms with Gasteiger partial charge >= 0.3 is 6.09 Å². The number of hydrogen-bond donors (Lipinski definition) is 4. The van der Waals surface area contributed by atoms with E-state index in [2.05, 4.69) is 5.32 Å². The van der Waals surface area contributed by atoms with Crippen LogP contribution in [0.5, 0.6) is 17.2 Å². The number of benzene rings is 1. The summed E-state index contributed by atoms with van der Waals surface area (Å²) in [7, 11) is 0. The Balaban J connectivity index is 0.00000180. The number of nitrogens with one attached hydrogen (secondary N) is 1. The molecule has 1 atom stereocenters. The molecule has 0 saturated carbocycles. The van der Waals surface area contributed by atoms with Crippen molar-refractivity contribution in [2.75, 3.05) is 6.61 Å². The van der Waals surface area contributed by atoms with E-state index in [1.54, 1.807) is 0 Å². The van der Waals surface area contributed by atoms with Crippen LogP contribution in [0.1, 0.15) is 25.5 Å². The molecule has 1 fully saturated rings. The Labute approximate surface area is 116 Å². The zero-order valence-corrected chi connectivity index (χ0v) is 11.3. The van der Waals surface area contributed by atoms with E-state index in [-0.39, 0.29) is 41.8 Å². The van der Waals surface area contributed by atoms with Gasteiger partial charge in [0.05, 0.1) is 11.6 Å². The molecule has 6 nitrogen and oxygen atoms in total. The van der Waals surface area contributed by atoms with Crippen molar-refractivity contribution in [2.24, 2.45) is 5.41 Å². The van der Waals surface area contributed by atoms with Crippen LogP contribution in [0.2, 0.25) is 0 Å². The standard InChI is InChI=1S/C12H15NO5.ClH/c1-12(2)5-18-11(17)13-10(12)9-7(15)3-6(14)4-8(9)16;/h3-4,10,14-16H,5H2,1-2H3,(H,13,17);1H/t10-;/m1./s1. The molecule has 1 aromatic carbocycles. The van der Waals surface area contributed by atoms with E-state index in [0.29, 0.717) is 0 Å². The summed E-state index contributed by atoms with van der Waals surface area (Å²) >= 11 is 0. The largest absolute Gasteiger partial charge is 0.508 e. The van der Waals surface area contributed by atoms with E-state index in [4.69, 9.17) is 4.74 Å². The average molecular weight is 290 g/mol. The molecule has 1 heterocycles. The molecule has 106 valence electrons. The molecule has 0 radical (unpaired) electrons. The predicted molar refractivity (Wildman–Crippen MR) is 69.7 cm³/mol. The van der Waals surface area contributed by atoms with Crippen LogP contribution >= 0.6 is 12.4 Å². The first kappa shape index (κ1) is 15.2. The van der Waals surface area contributed by atoms with Gasteiger partial charge in [-0.15, -0.1) is 12.4 Å². The molecule has 0 bridgehead atoms. The van der Waals surface area contributed by atoms with Gasteiger partial charge < -0.3 is 25.4 Å². The predicted octanol–water partition coefficient (Wildman–Crippen LogP) is 2.03. The van der Waals surface area contributed by atoms with Gasteiger partial charge in [0.15, 0.2) is 0 Å². The lowest BCUT2D eigenvalue weighted by Crippen LogP contribution is -2.46. The maximum atomic E-state index is 11.3. The van der Waals surface area contributed by atoms with Crippen LogP contribution in [-0.4, -0.2) is 28.0 Å². The lowest BCUT2D eigenvalue weighted by atomic mass is 9.79. The highest BCUT2D eigenvalue weighted by molar-refractivity contribution is 5.85. The molecule has 0 aliphatic carbocycles. The zero-order valence-electron chi connectivity index (χ0n) is 10.5. The third kappa shape index (κ3) is 2.78. The Morgan fingerprint density at radius 2 is 1.79 bits per heavy atom. The number of rotatable bonds is 1. The van der Waals surface area contributed by atoms with Crippen LogP contribution in [0.3, 0.4) is 0 Å². The molecule has 1 aliphatic heterocycles. The molecular weight excluding hydrogens is 274 g/mol. The van der Waals surface area contributed by atoms with Gasteiger partial charge in [0.25, 0.3) is 0 Å². The van der Waals surface area contributed by atoms with Gasteiger partial charge in [-0.2, -0.15) is 0 Å². The first-order valence-electron chi connectivity index (χ1n) is 5.49. The molecule has 1 amide bonds. The monoisotopic (exact) mass is 289 g/mol. The fourth-order valence-electron chi connectivity index (χ4n) is 2.06. The Kier molecular flexibility index (Phi) is 4.05. The summed E-state index contributed by atoms with van der Waals surface area (Å²) in [5.41, 5.74) is -0.325. The Morgan fingerprint density at radius 3 is 2.32 bits per heavy atom. The highest BCUT2D eigenvalue weighted by Gasteiger charge is 2.40. The number of alkyl carbamates (subject to hydrolysis) is 1. The Morgan fingerprint density at radius 1 is 1.26 bits per heavy atom. The topological polar surface area (TPSA) is 99.0 Å². The fourth-order valence-corrected chi connectivity index (χ4v) is 2.06. The highest BCUT2D eigenvalue weighted by atomic mass is 35.5. The van der Waals surface area contributed by atoms with Crippen molar-refractivity contribution < 1.29 is 24.9 Å². The minimum atomic E-state index is -0.605. The van der Waals surface area contributed by atoms with Gasteiger partial charge in [0, 0.05) is 17.5 Å². The maximum Gasteiger partial charge on any atom is 0.407 e. The molecule has 1 aromatic rings. The summed E-state index contributed by atoms with van der Waals surface area (Å²) < 4.78 is 4.89. The van der Waals surface area contributed by atoms with Gasteiger partial charge in [-0.25, -0.2) is 4.79 Å². The van der Waals surface area contributed by atoms with Gasteiger partial charge in [0.1, 0.15) is 23.9 Å². The lowest BCUT2D eigenvalue weighted by molar-refractivity contribution is 0.0375. The summed E-state index contributed by atoms with van der Waals surface area (Å²) in [6.07, 6.45) is -0.605. The van der Waals surface area contributed by atoms with Crippen molar-refractivity contribution in [3.63, 3.8) is 0 Å². The van der Waals surface area contributed by atoms with E-state index in [1.165, 1.54) is 0 Å². The number of carbonyl (C=O) groups is 1. The van der Waals surface area contributed by atoms with Crippen LogP contribution < -0.4 is 5.32 Å².